The fourth-order valence-corrected chi connectivity index (χ4v) is 2.47. The minimum atomic E-state index is 0.385. The molecule has 0 heteroatoms. The van der Waals surface area contributed by atoms with E-state index in [4.69, 9.17) is 0 Å². The summed E-state index contributed by atoms with van der Waals surface area (Å²) in [6.07, 6.45) is 10.2. The molecule has 0 aliphatic heterocycles. The highest BCUT2D eigenvalue weighted by atomic mass is 14.2. The predicted octanol–water partition coefficient (Wildman–Crippen LogP) is 5.99. The Kier molecular flexibility index (Phi) is 7.20. The van der Waals surface area contributed by atoms with Crippen molar-refractivity contribution in [2.45, 2.75) is 72.1 Å². The maximum atomic E-state index is 3.88. The molecule has 19 heavy (non-hydrogen) atoms. The van der Waals surface area contributed by atoms with Crippen molar-refractivity contribution in [3.63, 3.8) is 0 Å². The summed E-state index contributed by atoms with van der Waals surface area (Å²) in [4.78, 5) is 0. The quantitative estimate of drug-likeness (QED) is 0.503. The number of hydrogen-bond acceptors (Lipinski definition) is 0. The third kappa shape index (κ3) is 8.08. The van der Waals surface area contributed by atoms with Crippen LogP contribution in [0.15, 0.2) is 24.3 Å². The van der Waals surface area contributed by atoms with Gasteiger partial charge in [0.1, 0.15) is 0 Å². The maximum Gasteiger partial charge on any atom is -0.0230 e. The molecular formula is C19H31. The zero-order chi connectivity index (χ0) is 14.1. The summed E-state index contributed by atoms with van der Waals surface area (Å²) in [5.74, 6) is 0. The van der Waals surface area contributed by atoms with Gasteiger partial charge >= 0.3 is 0 Å². The van der Waals surface area contributed by atoms with E-state index in [-0.39, 0.29) is 0 Å². The average molecular weight is 259 g/mol. The largest absolute Gasteiger partial charge is 0.0599 e. The molecule has 107 valence electrons. The van der Waals surface area contributed by atoms with E-state index in [0.717, 1.165) is 6.42 Å². The number of benzene rings is 1. The lowest BCUT2D eigenvalue weighted by atomic mass is 9.88. The van der Waals surface area contributed by atoms with Gasteiger partial charge in [0, 0.05) is 0 Å². The van der Waals surface area contributed by atoms with E-state index >= 15 is 0 Å². The molecule has 0 fully saturated rings. The Morgan fingerprint density at radius 3 is 1.89 bits per heavy atom. The summed E-state index contributed by atoms with van der Waals surface area (Å²) < 4.78 is 0. The standard InChI is InChI=1S/C19H31/c1-5-6-7-8-9-10-11-17-12-14-18(15-13-17)16-19(2,3)4/h12-15H,1,5-11,16H2,2-4H3. The summed E-state index contributed by atoms with van der Waals surface area (Å²) in [5.41, 5.74) is 3.34. The van der Waals surface area contributed by atoms with E-state index in [9.17, 15) is 0 Å². The molecule has 1 aromatic rings. The van der Waals surface area contributed by atoms with Gasteiger partial charge in [-0.2, -0.15) is 0 Å². The Balaban J connectivity index is 2.25. The van der Waals surface area contributed by atoms with E-state index in [1.165, 1.54) is 56.1 Å². The van der Waals surface area contributed by atoms with Crippen molar-refractivity contribution in [3.8, 4) is 0 Å². The second-order valence-corrected chi connectivity index (χ2v) is 6.93. The van der Waals surface area contributed by atoms with Crippen molar-refractivity contribution in [1.82, 2.24) is 0 Å². The molecule has 0 spiro atoms. The molecule has 0 bridgehead atoms. The molecular weight excluding hydrogens is 228 g/mol. The van der Waals surface area contributed by atoms with Crippen molar-refractivity contribution >= 4 is 0 Å². The monoisotopic (exact) mass is 259 g/mol. The van der Waals surface area contributed by atoms with Crippen molar-refractivity contribution in [2.75, 3.05) is 0 Å². The van der Waals surface area contributed by atoms with Crippen LogP contribution in [0.2, 0.25) is 0 Å². The Hall–Kier alpha value is -0.780. The van der Waals surface area contributed by atoms with Crippen molar-refractivity contribution < 1.29 is 0 Å². The van der Waals surface area contributed by atoms with Crippen LogP contribution in [-0.2, 0) is 12.8 Å². The zero-order valence-electron chi connectivity index (χ0n) is 13.2. The number of unbranched alkanes of at least 4 members (excludes halogenated alkanes) is 5. The first kappa shape index (κ1) is 16.3. The Labute approximate surface area is 120 Å². The van der Waals surface area contributed by atoms with Gasteiger partial charge in [0.15, 0.2) is 0 Å². The summed E-state index contributed by atoms with van der Waals surface area (Å²) in [6, 6.07) is 9.25. The maximum absolute atomic E-state index is 3.88. The molecule has 0 nitrogen and oxygen atoms in total. The summed E-state index contributed by atoms with van der Waals surface area (Å²) in [7, 11) is 0. The van der Waals surface area contributed by atoms with Gasteiger partial charge in [-0.15, -0.1) is 0 Å². The first-order chi connectivity index (χ1) is 9.01. The van der Waals surface area contributed by atoms with E-state index in [2.05, 4.69) is 52.0 Å². The summed E-state index contributed by atoms with van der Waals surface area (Å²) in [5, 5.41) is 0. The lowest BCUT2D eigenvalue weighted by Gasteiger charge is -2.18. The van der Waals surface area contributed by atoms with Gasteiger partial charge in [0.2, 0.25) is 0 Å². The number of rotatable bonds is 8. The molecule has 0 atom stereocenters. The van der Waals surface area contributed by atoms with Gasteiger partial charge in [0.05, 0.1) is 0 Å². The first-order valence-electron chi connectivity index (χ1n) is 7.88. The normalized spacial score (nSPS) is 11.8. The third-order valence-corrected chi connectivity index (χ3v) is 3.47. The van der Waals surface area contributed by atoms with E-state index in [1.54, 1.807) is 0 Å². The third-order valence-electron chi connectivity index (χ3n) is 3.47. The lowest BCUT2D eigenvalue weighted by molar-refractivity contribution is 0.411. The Bertz CT molecular complexity index is 326. The molecule has 0 aliphatic carbocycles. The average Bonchev–Trinajstić information content (AvgIpc) is 2.34. The van der Waals surface area contributed by atoms with Crippen LogP contribution >= 0.6 is 0 Å². The van der Waals surface area contributed by atoms with Gasteiger partial charge < -0.3 is 0 Å². The molecule has 0 saturated heterocycles. The van der Waals surface area contributed by atoms with Crippen molar-refractivity contribution in [3.05, 3.63) is 42.3 Å². The van der Waals surface area contributed by atoms with Gasteiger partial charge in [-0.3, -0.25) is 0 Å². The molecule has 0 N–H and O–H groups in total. The number of aryl methyl sites for hydroxylation is 1. The number of hydrogen-bond donors (Lipinski definition) is 0. The fraction of sp³-hybridized carbons (Fsp3) is 0.632. The van der Waals surface area contributed by atoms with Crippen LogP contribution in [-0.4, -0.2) is 0 Å². The van der Waals surface area contributed by atoms with Crippen molar-refractivity contribution in [2.24, 2.45) is 5.41 Å². The Morgan fingerprint density at radius 1 is 0.789 bits per heavy atom. The van der Waals surface area contributed by atoms with Crippen LogP contribution in [0, 0.1) is 12.3 Å². The zero-order valence-corrected chi connectivity index (χ0v) is 13.2. The van der Waals surface area contributed by atoms with Crippen LogP contribution in [0.25, 0.3) is 0 Å². The molecule has 1 rings (SSSR count). The summed E-state index contributed by atoms with van der Waals surface area (Å²) >= 11 is 0. The molecule has 0 amide bonds. The van der Waals surface area contributed by atoms with E-state index in [0.29, 0.717) is 5.41 Å². The summed E-state index contributed by atoms with van der Waals surface area (Å²) in [6.45, 7) is 10.8. The van der Waals surface area contributed by atoms with Gasteiger partial charge in [-0.05, 0) is 35.8 Å². The van der Waals surface area contributed by atoms with Gasteiger partial charge in [0.25, 0.3) is 0 Å². The highest BCUT2D eigenvalue weighted by Gasteiger charge is 2.10. The van der Waals surface area contributed by atoms with Crippen molar-refractivity contribution in [1.29, 1.82) is 0 Å². The fourth-order valence-electron chi connectivity index (χ4n) is 2.47. The molecule has 0 aromatic heterocycles. The van der Waals surface area contributed by atoms with E-state index in [1.807, 2.05) is 0 Å². The van der Waals surface area contributed by atoms with Crippen LogP contribution in [0.3, 0.4) is 0 Å². The molecule has 0 unspecified atom stereocenters. The molecule has 0 aliphatic rings. The smallest absolute Gasteiger partial charge is 0.0230 e. The highest BCUT2D eigenvalue weighted by molar-refractivity contribution is 5.23. The topological polar surface area (TPSA) is 0 Å². The molecule has 1 radical (unpaired) electrons. The minimum absolute atomic E-state index is 0.385. The van der Waals surface area contributed by atoms with E-state index < -0.39 is 0 Å². The van der Waals surface area contributed by atoms with Crippen LogP contribution in [0.1, 0.15) is 70.4 Å². The molecule has 1 aromatic carbocycles. The van der Waals surface area contributed by atoms with Crippen LogP contribution in [0.4, 0.5) is 0 Å². The Morgan fingerprint density at radius 2 is 1.32 bits per heavy atom. The molecule has 0 heterocycles. The lowest BCUT2D eigenvalue weighted by Crippen LogP contribution is -2.08. The first-order valence-corrected chi connectivity index (χ1v) is 7.88. The van der Waals surface area contributed by atoms with Gasteiger partial charge in [-0.25, -0.2) is 0 Å². The second-order valence-electron chi connectivity index (χ2n) is 6.93. The van der Waals surface area contributed by atoms with Crippen LogP contribution in [0.5, 0.6) is 0 Å². The molecule has 0 saturated carbocycles. The predicted molar refractivity (Wildman–Crippen MR) is 86.4 cm³/mol. The second kappa shape index (κ2) is 8.40. The minimum Gasteiger partial charge on any atom is -0.0599 e. The van der Waals surface area contributed by atoms with Gasteiger partial charge in [-0.1, -0.05) is 84.1 Å². The van der Waals surface area contributed by atoms with Crippen LogP contribution < -0.4 is 0 Å². The SMILES string of the molecule is [CH2]CCCCCCCc1ccc(CC(C)(C)C)cc1. The highest BCUT2D eigenvalue weighted by Crippen LogP contribution is 2.21.